The normalized spacial score (nSPS) is 33.0. The molecule has 3 saturated heterocycles. The van der Waals surface area contributed by atoms with Gasteiger partial charge in [0.05, 0.1) is 31.2 Å². The molecule has 4 fully saturated rings. The van der Waals surface area contributed by atoms with E-state index in [0.717, 1.165) is 43.2 Å². The second-order valence-electron chi connectivity index (χ2n) is 11.0. The van der Waals surface area contributed by atoms with Crippen LogP contribution in [0.3, 0.4) is 0 Å². The molecular formula is C28H35BrN4O5. The van der Waals surface area contributed by atoms with Gasteiger partial charge in [-0.2, -0.15) is 0 Å². The lowest BCUT2D eigenvalue weighted by Crippen LogP contribution is -2.57. The maximum atomic E-state index is 14.1. The van der Waals surface area contributed by atoms with Crippen molar-refractivity contribution in [2.75, 3.05) is 44.7 Å². The zero-order valence-electron chi connectivity index (χ0n) is 21.4. The molecule has 9 nitrogen and oxygen atoms in total. The minimum Gasteiger partial charge on any atom is -0.379 e. The highest BCUT2D eigenvalue weighted by Crippen LogP contribution is 2.55. The van der Waals surface area contributed by atoms with Crippen molar-refractivity contribution in [2.45, 2.75) is 55.9 Å². The van der Waals surface area contributed by atoms with Crippen LogP contribution < -0.4 is 10.6 Å². The van der Waals surface area contributed by atoms with E-state index >= 15 is 0 Å². The fraction of sp³-hybridized carbons (Fsp3) is 0.607. The minimum atomic E-state index is -1.13. The molecule has 3 amide bonds. The predicted molar refractivity (Wildman–Crippen MR) is 144 cm³/mol. The third kappa shape index (κ3) is 4.69. The summed E-state index contributed by atoms with van der Waals surface area (Å²) in [5.74, 6) is -2.04. The van der Waals surface area contributed by atoms with Gasteiger partial charge in [-0.15, -0.1) is 0 Å². The van der Waals surface area contributed by atoms with Crippen LogP contribution in [0.4, 0.5) is 5.69 Å². The molecule has 204 valence electrons. The van der Waals surface area contributed by atoms with Crippen molar-refractivity contribution < 1.29 is 23.9 Å². The first-order valence-electron chi connectivity index (χ1n) is 13.8. The number of hydrogen-bond acceptors (Lipinski definition) is 6. The lowest BCUT2D eigenvalue weighted by atomic mass is 9.74. The first-order chi connectivity index (χ1) is 18.5. The molecule has 0 unspecified atom stereocenters. The summed E-state index contributed by atoms with van der Waals surface area (Å²) in [6.45, 7) is 3.98. The third-order valence-corrected chi connectivity index (χ3v) is 9.28. The van der Waals surface area contributed by atoms with Crippen molar-refractivity contribution in [1.29, 1.82) is 0 Å². The lowest BCUT2D eigenvalue weighted by Gasteiger charge is -2.35. The molecule has 1 aromatic rings. The Labute approximate surface area is 231 Å². The Bertz CT molecular complexity index is 1100. The Morgan fingerprint density at radius 3 is 2.50 bits per heavy atom. The number of rotatable bonds is 7. The Balaban J connectivity index is 1.26. The van der Waals surface area contributed by atoms with Gasteiger partial charge >= 0.3 is 0 Å². The van der Waals surface area contributed by atoms with Gasteiger partial charge in [0, 0.05) is 42.4 Å². The summed E-state index contributed by atoms with van der Waals surface area (Å²) in [6, 6.07) is 6.65. The molecule has 0 aromatic heterocycles. The van der Waals surface area contributed by atoms with Gasteiger partial charge in [0.25, 0.3) is 0 Å². The van der Waals surface area contributed by atoms with Gasteiger partial charge in [-0.25, -0.2) is 0 Å². The van der Waals surface area contributed by atoms with E-state index in [4.69, 9.17) is 9.47 Å². The van der Waals surface area contributed by atoms with Crippen molar-refractivity contribution in [1.82, 2.24) is 15.1 Å². The van der Waals surface area contributed by atoms with Crippen LogP contribution in [0.5, 0.6) is 0 Å². The molecule has 4 aliphatic heterocycles. The van der Waals surface area contributed by atoms with Gasteiger partial charge < -0.3 is 25.0 Å². The summed E-state index contributed by atoms with van der Waals surface area (Å²) >= 11 is 3.41. The monoisotopic (exact) mass is 586 g/mol. The number of carbonyl (C=O) groups excluding carboxylic acids is 3. The highest BCUT2D eigenvalue weighted by molar-refractivity contribution is 9.10. The van der Waals surface area contributed by atoms with Crippen LogP contribution in [0.15, 0.2) is 40.9 Å². The second kappa shape index (κ2) is 10.7. The van der Waals surface area contributed by atoms with E-state index in [0.29, 0.717) is 32.0 Å². The van der Waals surface area contributed by atoms with Gasteiger partial charge in [-0.05, 0) is 37.1 Å². The predicted octanol–water partition coefficient (Wildman–Crippen LogP) is 2.32. The largest absolute Gasteiger partial charge is 0.379 e. The summed E-state index contributed by atoms with van der Waals surface area (Å²) in [6.07, 6.45) is 8.49. The minimum absolute atomic E-state index is 0.113. The van der Waals surface area contributed by atoms with Crippen LogP contribution in [0.1, 0.15) is 32.1 Å². The SMILES string of the molecule is O=C(Nc1ccc(Br)cc1)[C@H]1[C@H]2C=C[C@]3(O2)[C@H](C(=O)NC2CCCCC2)N(CCN2CCOCC2)C(=O)[C@@H]13. The first-order valence-corrected chi connectivity index (χ1v) is 14.6. The number of fused-ring (bicyclic) bond motifs is 1. The van der Waals surface area contributed by atoms with Crippen LogP contribution in [0.2, 0.25) is 0 Å². The highest BCUT2D eigenvalue weighted by atomic mass is 79.9. The molecule has 10 heteroatoms. The number of morpholine rings is 1. The number of carbonyl (C=O) groups is 3. The van der Waals surface area contributed by atoms with Crippen molar-refractivity contribution in [3.8, 4) is 0 Å². The molecule has 4 heterocycles. The highest BCUT2D eigenvalue weighted by Gasteiger charge is 2.72. The van der Waals surface area contributed by atoms with Crippen LogP contribution in [0, 0.1) is 11.8 Å². The van der Waals surface area contributed by atoms with E-state index in [2.05, 4.69) is 31.5 Å². The number of nitrogens with one attached hydrogen (secondary N) is 2. The van der Waals surface area contributed by atoms with E-state index in [1.807, 2.05) is 36.4 Å². The van der Waals surface area contributed by atoms with Crippen molar-refractivity contribution in [3.63, 3.8) is 0 Å². The van der Waals surface area contributed by atoms with Gasteiger partial charge in [0.1, 0.15) is 11.6 Å². The Morgan fingerprint density at radius 2 is 1.76 bits per heavy atom. The maximum absolute atomic E-state index is 14.1. The van der Waals surface area contributed by atoms with E-state index < -0.39 is 29.6 Å². The fourth-order valence-corrected chi connectivity index (χ4v) is 7.13. The summed E-state index contributed by atoms with van der Waals surface area (Å²) in [4.78, 5) is 45.4. The third-order valence-electron chi connectivity index (χ3n) is 8.75. The molecule has 2 N–H and O–H groups in total. The van der Waals surface area contributed by atoms with Crippen LogP contribution in [0.25, 0.3) is 0 Å². The van der Waals surface area contributed by atoms with Crippen molar-refractivity contribution in [3.05, 3.63) is 40.9 Å². The second-order valence-corrected chi connectivity index (χ2v) is 11.9. The van der Waals surface area contributed by atoms with E-state index in [1.54, 1.807) is 4.90 Å². The Hall–Kier alpha value is -2.27. The summed E-state index contributed by atoms with van der Waals surface area (Å²) in [5.41, 5.74) is -0.479. The number of likely N-dealkylation sites (tertiary alicyclic amines) is 1. The standard InChI is InChI=1S/C28H35BrN4O5/c29-18-6-8-20(9-7-18)30-25(34)22-21-10-11-28(38-21)23(22)27(36)33(13-12-32-14-16-37-17-15-32)24(28)26(35)31-19-4-2-1-3-5-19/h6-11,19,21-24H,1-5,12-17H2,(H,30,34)(H,31,35)/t21-,22+,23-,24+,28-/m1/s1. The van der Waals surface area contributed by atoms with Gasteiger partial charge in [0.15, 0.2) is 0 Å². The molecule has 1 spiro atoms. The number of anilines is 1. The van der Waals surface area contributed by atoms with Crippen molar-refractivity contribution in [2.24, 2.45) is 11.8 Å². The quantitative estimate of drug-likeness (QED) is 0.476. The van der Waals surface area contributed by atoms with Gasteiger partial charge in [-0.1, -0.05) is 47.3 Å². The molecular weight excluding hydrogens is 552 g/mol. The number of hydrogen-bond donors (Lipinski definition) is 2. The topological polar surface area (TPSA) is 100 Å². The molecule has 6 rings (SSSR count). The molecule has 1 aliphatic carbocycles. The molecule has 0 radical (unpaired) electrons. The lowest BCUT2D eigenvalue weighted by molar-refractivity contribution is -0.141. The molecule has 2 bridgehead atoms. The summed E-state index contributed by atoms with van der Waals surface area (Å²) < 4.78 is 12.8. The fourth-order valence-electron chi connectivity index (χ4n) is 6.87. The number of halogens is 1. The van der Waals surface area contributed by atoms with E-state index in [1.165, 1.54) is 6.42 Å². The number of nitrogens with zero attached hydrogens (tertiary/aromatic N) is 2. The first kappa shape index (κ1) is 26.0. The van der Waals surface area contributed by atoms with Gasteiger partial charge in [0.2, 0.25) is 17.7 Å². The number of amides is 3. The maximum Gasteiger partial charge on any atom is 0.246 e. The average molecular weight is 588 g/mol. The summed E-state index contributed by atoms with van der Waals surface area (Å²) in [7, 11) is 0. The number of benzene rings is 1. The van der Waals surface area contributed by atoms with E-state index in [9.17, 15) is 14.4 Å². The Morgan fingerprint density at radius 1 is 1.03 bits per heavy atom. The van der Waals surface area contributed by atoms with Gasteiger partial charge in [-0.3, -0.25) is 19.3 Å². The van der Waals surface area contributed by atoms with Crippen LogP contribution >= 0.6 is 15.9 Å². The molecule has 5 aliphatic rings. The van der Waals surface area contributed by atoms with E-state index in [-0.39, 0.29) is 23.8 Å². The smallest absolute Gasteiger partial charge is 0.246 e. The molecule has 1 aromatic carbocycles. The van der Waals surface area contributed by atoms with Crippen molar-refractivity contribution >= 4 is 39.3 Å². The molecule has 5 atom stereocenters. The Kier molecular flexibility index (Phi) is 7.32. The zero-order valence-corrected chi connectivity index (χ0v) is 23.0. The number of ether oxygens (including phenoxy) is 2. The van der Waals surface area contributed by atoms with Crippen LogP contribution in [-0.4, -0.2) is 90.7 Å². The average Bonchev–Trinajstić information content (AvgIpc) is 3.57. The van der Waals surface area contributed by atoms with Crippen LogP contribution in [-0.2, 0) is 23.9 Å². The molecule has 1 saturated carbocycles. The summed E-state index contributed by atoms with van der Waals surface area (Å²) in [5, 5.41) is 6.21. The molecule has 38 heavy (non-hydrogen) atoms. The zero-order chi connectivity index (χ0) is 26.3.